The van der Waals surface area contributed by atoms with Crippen molar-refractivity contribution >= 4 is 0 Å². The van der Waals surface area contributed by atoms with Crippen LogP contribution in [0.2, 0.25) is 0 Å². The molecule has 1 heterocycles. The first-order valence-electron chi connectivity index (χ1n) is 4.56. The number of nitriles is 2. The fourth-order valence-electron chi connectivity index (χ4n) is 1.62. The van der Waals surface area contributed by atoms with Crippen molar-refractivity contribution in [3.05, 3.63) is 11.1 Å². The Hall–Kier alpha value is -1.32. The topological polar surface area (TPSA) is 50.8 Å². The van der Waals surface area contributed by atoms with Gasteiger partial charge in [0.2, 0.25) is 0 Å². The van der Waals surface area contributed by atoms with Crippen LogP contribution in [0.5, 0.6) is 0 Å². The van der Waals surface area contributed by atoms with E-state index in [1.54, 1.807) is 0 Å². The lowest BCUT2D eigenvalue weighted by Crippen LogP contribution is -2.19. The van der Waals surface area contributed by atoms with Crippen molar-refractivity contribution in [2.75, 3.05) is 19.6 Å². The molecule has 0 amide bonds. The van der Waals surface area contributed by atoms with E-state index in [-0.39, 0.29) is 0 Å². The quantitative estimate of drug-likeness (QED) is 0.597. The third-order valence-electron chi connectivity index (χ3n) is 2.26. The van der Waals surface area contributed by atoms with Gasteiger partial charge in [0.25, 0.3) is 0 Å². The monoisotopic (exact) mass is 175 g/mol. The zero-order chi connectivity index (χ0) is 9.68. The fourth-order valence-corrected chi connectivity index (χ4v) is 1.62. The molecule has 0 aromatic carbocycles. The fraction of sp³-hybridized carbons (Fsp3) is 0.600. The van der Waals surface area contributed by atoms with Crippen molar-refractivity contribution in [1.82, 2.24) is 4.90 Å². The van der Waals surface area contributed by atoms with Gasteiger partial charge in [0.15, 0.2) is 0 Å². The summed E-state index contributed by atoms with van der Waals surface area (Å²) in [5.74, 6) is 0. The summed E-state index contributed by atoms with van der Waals surface area (Å²) < 4.78 is 0. The molecule has 0 N–H and O–H groups in total. The zero-order valence-electron chi connectivity index (χ0n) is 7.88. The van der Waals surface area contributed by atoms with Crippen LogP contribution in [0.4, 0.5) is 0 Å². The number of hydrogen-bond acceptors (Lipinski definition) is 3. The molecule has 0 aromatic heterocycles. The predicted molar refractivity (Wildman–Crippen MR) is 49.6 cm³/mol. The van der Waals surface area contributed by atoms with Crippen LogP contribution in [-0.4, -0.2) is 24.5 Å². The van der Waals surface area contributed by atoms with Crippen LogP contribution in [0.3, 0.4) is 0 Å². The Morgan fingerprint density at radius 3 is 2.69 bits per heavy atom. The third kappa shape index (κ3) is 2.31. The molecule has 0 radical (unpaired) electrons. The maximum atomic E-state index is 8.65. The molecular weight excluding hydrogens is 162 g/mol. The maximum absolute atomic E-state index is 8.65. The molecule has 3 nitrogen and oxygen atoms in total. The summed E-state index contributed by atoms with van der Waals surface area (Å²) in [6, 6.07) is 3.90. The van der Waals surface area contributed by atoms with Gasteiger partial charge in [0.1, 0.15) is 17.7 Å². The highest BCUT2D eigenvalue weighted by atomic mass is 15.1. The van der Waals surface area contributed by atoms with Gasteiger partial charge in [-0.2, -0.15) is 10.5 Å². The normalized spacial score (nSPS) is 16.7. The number of likely N-dealkylation sites (tertiary alicyclic amines) is 1. The van der Waals surface area contributed by atoms with Crippen LogP contribution in [0.25, 0.3) is 0 Å². The summed E-state index contributed by atoms with van der Waals surface area (Å²) in [6.45, 7) is 5.01. The van der Waals surface area contributed by atoms with E-state index in [9.17, 15) is 0 Å². The van der Waals surface area contributed by atoms with Crippen molar-refractivity contribution in [3.63, 3.8) is 0 Å². The SMILES string of the molecule is CCCN1CCC(=C(C#N)C#N)C1. The van der Waals surface area contributed by atoms with E-state index in [1.807, 2.05) is 12.1 Å². The van der Waals surface area contributed by atoms with E-state index in [1.165, 1.54) is 0 Å². The summed E-state index contributed by atoms with van der Waals surface area (Å²) >= 11 is 0. The van der Waals surface area contributed by atoms with Gasteiger partial charge in [-0.3, -0.25) is 4.90 Å². The summed E-state index contributed by atoms with van der Waals surface area (Å²) in [5, 5.41) is 17.3. The molecule has 0 spiro atoms. The molecular formula is C10H13N3. The summed E-state index contributed by atoms with van der Waals surface area (Å²) in [5.41, 5.74) is 1.33. The lowest BCUT2D eigenvalue weighted by Gasteiger charge is -2.11. The van der Waals surface area contributed by atoms with Crippen molar-refractivity contribution in [2.45, 2.75) is 19.8 Å². The molecule has 13 heavy (non-hydrogen) atoms. The maximum Gasteiger partial charge on any atom is 0.130 e. The predicted octanol–water partition coefficient (Wildman–Crippen LogP) is 1.45. The zero-order valence-corrected chi connectivity index (χ0v) is 7.88. The van der Waals surface area contributed by atoms with E-state index < -0.39 is 0 Å². The molecule has 1 saturated heterocycles. The van der Waals surface area contributed by atoms with E-state index in [0.717, 1.165) is 38.0 Å². The molecule has 1 rings (SSSR count). The van der Waals surface area contributed by atoms with Gasteiger partial charge in [-0.05, 0) is 25.0 Å². The number of hydrogen-bond donors (Lipinski definition) is 0. The molecule has 0 aliphatic carbocycles. The van der Waals surface area contributed by atoms with Crippen LogP contribution < -0.4 is 0 Å². The largest absolute Gasteiger partial charge is 0.299 e. The van der Waals surface area contributed by atoms with Gasteiger partial charge in [-0.1, -0.05) is 6.92 Å². The van der Waals surface area contributed by atoms with Gasteiger partial charge in [0, 0.05) is 13.1 Å². The van der Waals surface area contributed by atoms with Gasteiger partial charge < -0.3 is 0 Å². The van der Waals surface area contributed by atoms with E-state index >= 15 is 0 Å². The number of allylic oxidation sites excluding steroid dienone is 1. The van der Waals surface area contributed by atoms with Gasteiger partial charge in [0.05, 0.1) is 0 Å². The third-order valence-corrected chi connectivity index (χ3v) is 2.26. The molecule has 3 heteroatoms. The highest BCUT2D eigenvalue weighted by Crippen LogP contribution is 2.18. The summed E-state index contributed by atoms with van der Waals surface area (Å²) in [4.78, 5) is 2.28. The van der Waals surface area contributed by atoms with Crippen LogP contribution in [0.1, 0.15) is 19.8 Å². The minimum atomic E-state index is 0.318. The molecule has 0 bridgehead atoms. The minimum absolute atomic E-state index is 0.318. The van der Waals surface area contributed by atoms with Crippen molar-refractivity contribution in [3.8, 4) is 12.1 Å². The van der Waals surface area contributed by atoms with E-state index in [2.05, 4.69) is 11.8 Å². The standard InChI is InChI=1S/C10H13N3/c1-2-4-13-5-3-9(8-13)10(6-11)7-12/h2-5,8H2,1H3. The Kier molecular flexibility index (Phi) is 3.49. The Morgan fingerprint density at radius 1 is 1.46 bits per heavy atom. The Morgan fingerprint density at radius 2 is 2.15 bits per heavy atom. The highest BCUT2D eigenvalue weighted by Gasteiger charge is 2.18. The van der Waals surface area contributed by atoms with E-state index in [0.29, 0.717) is 5.57 Å². The molecule has 0 saturated carbocycles. The molecule has 68 valence electrons. The number of nitrogens with zero attached hydrogens (tertiary/aromatic N) is 3. The molecule has 0 aromatic rings. The van der Waals surface area contributed by atoms with Crippen LogP contribution >= 0.6 is 0 Å². The van der Waals surface area contributed by atoms with Crippen LogP contribution in [-0.2, 0) is 0 Å². The number of rotatable bonds is 2. The van der Waals surface area contributed by atoms with Crippen molar-refractivity contribution in [2.24, 2.45) is 0 Å². The second kappa shape index (κ2) is 4.64. The Balaban J connectivity index is 2.65. The first-order chi connectivity index (χ1) is 6.31. The van der Waals surface area contributed by atoms with E-state index in [4.69, 9.17) is 10.5 Å². The Bertz CT molecular complexity index is 274. The molecule has 0 unspecified atom stereocenters. The second-order valence-corrected chi connectivity index (χ2v) is 3.23. The van der Waals surface area contributed by atoms with Gasteiger partial charge >= 0.3 is 0 Å². The van der Waals surface area contributed by atoms with Crippen LogP contribution in [0, 0.1) is 22.7 Å². The summed E-state index contributed by atoms with van der Waals surface area (Å²) in [7, 11) is 0. The molecule has 0 atom stereocenters. The average Bonchev–Trinajstić information content (AvgIpc) is 2.56. The molecule has 1 aliphatic rings. The molecule has 1 fully saturated rings. The van der Waals surface area contributed by atoms with Crippen LogP contribution in [0.15, 0.2) is 11.1 Å². The highest BCUT2D eigenvalue weighted by molar-refractivity contribution is 5.41. The van der Waals surface area contributed by atoms with Crippen molar-refractivity contribution < 1.29 is 0 Å². The minimum Gasteiger partial charge on any atom is -0.299 e. The Labute approximate surface area is 78.9 Å². The van der Waals surface area contributed by atoms with Gasteiger partial charge in [-0.25, -0.2) is 0 Å². The lowest BCUT2D eigenvalue weighted by molar-refractivity contribution is 0.345. The second-order valence-electron chi connectivity index (χ2n) is 3.23. The lowest BCUT2D eigenvalue weighted by atomic mass is 10.1. The van der Waals surface area contributed by atoms with Gasteiger partial charge in [-0.15, -0.1) is 0 Å². The first-order valence-corrected chi connectivity index (χ1v) is 4.56. The first kappa shape index (κ1) is 9.77. The smallest absolute Gasteiger partial charge is 0.130 e. The summed E-state index contributed by atoms with van der Waals surface area (Å²) in [6.07, 6.45) is 2.01. The average molecular weight is 175 g/mol. The molecule has 1 aliphatic heterocycles. The van der Waals surface area contributed by atoms with Crippen molar-refractivity contribution in [1.29, 1.82) is 10.5 Å².